The van der Waals surface area contributed by atoms with Crippen molar-refractivity contribution in [1.82, 2.24) is 4.98 Å². The molecule has 0 aliphatic heterocycles. The van der Waals surface area contributed by atoms with Gasteiger partial charge in [0.05, 0.1) is 16.4 Å². The van der Waals surface area contributed by atoms with E-state index in [9.17, 15) is 0 Å². The van der Waals surface area contributed by atoms with E-state index >= 15 is 0 Å². The standard InChI is InChI=1S/C25H18ClN3OS/c26-19-12-9-17(10-13-19)16-30-23-14-11-18-5-1-2-6-20(18)21(23)15-27-29-25-28-22-7-3-4-8-24(22)31-25/h1-15H,16H2,(H,28,29). The van der Waals surface area contributed by atoms with Gasteiger partial charge in [0, 0.05) is 10.6 Å². The topological polar surface area (TPSA) is 46.5 Å². The Kier molecular flexibility index (Phi) is 5.52. The molecule has 0 aliphatic carbocycles. The number of fused-ring (bicyclic) bond motifs is 2. The SMILES string of the molecule is Clc1ccc(COc2ccc3ccccc3c2C=NNc2nc3ccccc3s2)cc1. The Balaban J connectivity index is 1.42. The molecule has 0 saturated heterocycles. The highest BCUT2D eigenvalue weighted by Gasteiger charge is 2.08. The molecule has 1 aromatic heterocycles. The maximum Gasteiger partial charge on any atom is 0.204 e. The summed E-state index contributed by atoms with van der Waals surface area (Å²) in [4.78, 5) is 4.56. The fourth-order valence-electron chi connectivity index (χ4n) is 3.35. The van der Waals surface area contributed by atoms with Crippen molar-refractivity contribution in [3.63, 3.8) is 0 Å². The summed E-state index contributed by atoms with van der Waals surface area (Å²) < 4.78 is 7.27. The minimum Gasteiger partial charge on any atom is -0.488 e. The molecule has 0 spiro atoms. The fraction of sp³-hybridized carbons (Fsp3) is 0.0400. The summed E-state index contributed by atoms with van der Waals surface area (Å²) in [6.45, 7) is 0.446. The molecule has 5 aromatic rings. The van der Waals surface area contributed by atoms with Gasteiger partial charge in [-0.05, 0) is 46.7 Å². The van der Waals surface area contributed by atoms with Gasteiger partial charge in [-0.3, -0.25) is 5.43 Å². The van der Waals surface area contributed by atoms with Crippen LogP contribution in [0.4, 0.5) is 5.13 Å². The molecule has 152 valence electrons. The minimum absolute atomic E-state index is 0.446. The molecule has 0 saturated carbocycles. The van der Waals surface area contributed by atoms with Crippen molar-refractivity contribution in [3.05, 3.63) is 101 Å². The number of halogens is 1. The van der Waals surface area contributed by atoms with Gasteiger partial charge in [-0.25, -0.2) is 4.98 Å². The fourth-order valence-corrected chi connectivity index (χ4v) is 4.29. The van der Waals surface area contributed by atoms with Crippen molar-refractivity contribution < 1.29 is 4.74 Å². The van der Waals surface area contributed by atoms with Crippen LogP contribution in [0.3, 0.4) is 0 Å². The van der Waals surface area contributed by atoms with Crippen LogP contribution in [0, 0.1) is 0 Å². The molecule has 0 amide bonds. The molecular formula is C25H18ClN3OS. The van der Waals surface area contributed by atoms with Gasteiger partial charge in [0.15, 0.2) is 0 Å². The van der Waals surface area contributed by atoms with Gasteiger partial charge in [0.25, 0.3) is 0 Å². The van der Waals surface area contributed by atoms with Gasteiger partial charge < -0.3 is 4.74 Å². The Labute approximate surface area is 188 Å². The maximum absolute atomic E-state index is 6.15. The van der Waals surface area contributed by atoms with Crippen LogP contribution in [-0.4, -0.2) is 11.2 Å². The molecule has 0 bridgehead atoms. The van der Waals surface area contributed by atoms with Gasteiger partial charge in [-0.1, -0.05) is 77.5 Å². The third-order valence-electron chi connectivity index (χ3n) is 4.89. The van der Waals surface area contributed by atoms with E-state index in [0.29, 0.717) is 11.6 Å². The summed E-state index contributed by atoms with van der Waals surface area (Å²) in [6.07, 6.45) is 1.80. The summed E-state index contributed by atoms with van der Waals surface area (Å²) in [7, 11) is 0. The lowest BCUT2D eigenvalue weighted by molar-refractivity contribution is 0.306. The number of benzene rings is 4. The molecule has 1 heterocycles. The summed E-state index contributed by atoms with van der Waals surface area (Å²) >= 11 is 7.55. The van der Waals surface area contributed by atoms with Crippen LogP contribution in [0.15, 0.2) is 90.0 Å². The summed E-state index contributed by atoms with van der Waals surface area (Å²) in [5.74, 6) is 0.767. The lowest BCUT2D eigenvalue weighted by Crippen LogP contribution is -2.00. The average molecular weight is 444 g/mol. The normalized spacial score (nSPS) is 11.4. The number of ether oxygens (including phenoxy) is 1. The number of hydrogen-bond donors (Lipinski definition) is 1. The Morgan fingerprint density at radius 1 is 0.935 bits per heavy atom. The van der Waals surface area contributed by atoms with Crippen molar-refractivity contribution in [1.29, 1.82) is 0 Å². The number of nitrogens with zero attached hydrogens (tertiary/aromatic N) is 2. The zero-order chi connectivity index (χ0) is 21.0. The first kappa shape index (κ1) is 19.5. The summed E-state index contributed by atoms with van der Waals surface area (Å²) in [5, 5.41) is 8.13. The second-order valence-electron chi connectivity index (χ2n) is 6.97. The number of rotatable bonds is 6. The predicted octanol–water partition coefficient (Wildman–Crippen LogP) is 7.13. The second-order valence-corrected chi connectivity index (χ2v) is 8.44. The van der Waals surface area contributed by atoms with Crippen LogP contribution in [0.1, 0.15) is 11.1 Å². The number of anilines is 1. The van der Waals surface area contributed by atoms with Crippen molar-refractivity contribution in [2.75, 3.05) is 5.43 Å². The third kappa shape index (κ3) is 4.38. The van der Waals surface area contributed by atoms with Gasteiger partial charge in [-0.15, -0.1) is 0 Å². The number of aromatic nitrogens is 1. The molecule has 1 N–H and O–H groups in total. The van der Waals surface area contributed by atoms with Crippen LogP contribution in [0.5, 0.6) is 5.75 Å². The van der Waals surface area contributed by atoms with Gasteiger partial charge >= 0.3 is 0 Å². The van der Waals surface area contributed by atoms with Gasteiger partial charge in [0.2, 0.25) is 5.13 Å². The monoisotopic (exact) mass is 443 g/mol. The molecule has 4 nitrogen and oxygen atoms in total. The Bertz CT molecular complexity index is 1350. The van der Waals surface area contributed by atoms with Crippen molar-refractivity contribution >= 4 is 55.3 Å². The summed E-state index contributed by atoms with van der Waals surface area (Å²) in [6, 6.07) is 27.9. The Morgan fingerprint density at radius 3 is 2.61 bits per heavy atom. The number of hydrazone groups is 1. The average Bonchev–Trinajstić information content (AvgIpc) is 3.22. The zero-order valence-corrected chi connectivity index (χ0v) is 18.0. The van der Waals surface area contributed by atoms with Crippen LogP contribution >= 0.6 is 22.9 Å². The van der Waals surface area contributed by atoms with Crippen LogP contribution in [0.2, 0.25) is 5.02 Å². The van der Waals surface area contributed by atoms with E-state index in [2.05, 4.69) is 39.8 Å². The number of nitrogens with one attached hydrogen (secondary N) is 1. The van der Waals surface area contributed by atoms with Crippen LogP contribution < -0.4 is 10.2 Å². The molecule has 5 rings (SSSR count). The van der Waals surface area contributed by atoms with E-state index in [-0.39, 0.29) is 0 Å². The molecular weight excluding hydrogens is 426 g/mol. The lowest BCUT2D eigenvalue weighted by atomic mass is 10.0. The largest absolute Gasteiger partial charge is 0.488 e. The number of para-hydroxylation sites is 1. The van der Waals surface area contributed by atoms with Crippen molar-refractivity contribution in [3.8, 4) is 5.75 Å². The van der Waals surface area contributed by atoms with E-state index in [4.69, 9.17) is 16.3 Å². The van der Waals surface area contributed by atoms with E-state index in [1.54, 1.807) is 17.6 Å². The van der Waals surface area contributed by atoms with Gasteiger partial charge in [0.1, 0.15) is 12.4 Å². The molecule has 6 heteroatoms. The first-order chi connectivity index (χ1) is 15.3. The highest BCUT2D eigenvalue weighted by atomic mass is 35.5. The maximum atomic E-state index is 6.15. The first-order valence-corrected chi connectivity index (χ1v) is 11.0. The molecule has 4 aromatic carbocycles. The third-order valence-corrected chi connectivity index (χ3v) is 6.08. The number of hydrogen-bond acceptors (Lipinski definition) is 5. The summed E-state index contributed by atoms with van der Waals surface area (Å²) in [5.41, 5.74) is 5.99. The Morgan fingerprint density at radius 2 is 1.74 bits per heavy atom. The quantitative estimate of drug-likeness (QED) is 0.224. The van der Waals surface area contributed by atoms with Crippen LogP contribution in [0.25, 0.3) is 21.0 Å². The van der Waals surface area contributed by atoms with Crippen molar-refractivity contribution in [2.24, 2.45) is 5.10 Å². The molecule has 0 atom stereocenters. The van der Waals surface area contributed by atoms with Gasteiger partial charge in [-0.2, -0.15) is 5.10 Å². The second kappa shape index (κ2) is 8.76. The van der Waals surface area contributed by atoms with E-state index < -0.39 is 0 Å². The molecule has 0 aliphatic rings. The molecule has 0 unspecified atom stereocenters. The first-order valence-electron chi connectivity index (χ1n) is 9.80. The highest BCUT2D eigenvalue weighted by Crippen LogP contribution is 2.28. The van der Waals surface area contributed by atoms with E-state index in [1.807, 2.05) is 60.7 Å². The highest BCUT2D eigenvalue weighted by molar-refractivity contribution is 7.22. The molecule has 0 fully saturated rings. The zero-order valence-electron chi connectivity index (χ0n) is 16.5. The van der Waals surface area contributed by atoms with Crippen molar-refractivity contribution in [2.45, 2.75) is 6.61 Å². The van der Waals surface area contributed by atoms with E-state index in [0.717, 1.165) is 43.0 Å². The number of thiazole rings is 1. The molecule has 0 radical (unpaired) electrons. The van der Waals surface area contributed by atoms with Crippen LogP contribution in [-0.2, 0) is 6.61 Å². The van der Waals surface area contributed by atoms with E-state index in [1.165, 1.54) is 0 Å². The Hall–Kier alpha value is -3.41. The smallest absolute Gasteiger partial charge is 0.204 e. The molecule has 31 heavy (non-hydrogen) atoms. The minimum atomic E-state index is 0.446. The lowest BCUT2D eigenvalue weighted by Gasteiger charge is -2.12. The predicted molar refractivity (Wildman–Crippen MR) is 131 cm³/mol.